The molecule has 0 aliphatic carbocycles. The maximum absolute atomic E-state index is 11.1. The monoisotopic (exact) mass is 372 g/mol. The summed E-state index contributed by atoms with van der Waals surface area (Å²) in [4.78, 5) is 22.0. The zero-order valence-corrected chi connectivity index (χ0v) is 16.7. The summed E-state index contributed by atoms with van der Waals surface area (Å²) in [5.74, 6) is 4.64. The fourth-order valence-corrected chi connectivity index (χ4v) is 2.73. The standard InChI is InChI=1S/C23H32O4/c1-20(24)16-17-23(27-21(2)25)15-11-6-4-3-5-7-12-18-26-19-22-13-9-8-10-14-22/h8-10,13-14,23H,3-7,11-12,15,18-19H2,1-2H3. The molecule has 0 fully saturated rings. The summed E-state index contributed by atoms with van der Waals surface area (Å²) in [5, 5.41) is 0. The van der Waals surface area contributed by atoms with Crippen molar-refractivity contribution < 1.29 is 19.1 Å². The second-order valence-electron chi connectivity index (χ2n) is 6.73. The average molecular weight is 373 g/mol. The van der Waals surface area contributed by atoms with Crippen molar-refractivity contribution in [2.24, 2.45) is 0 Å². The Balaban J connectivity index is 1.97. The van der Waals surface area contributed by atoms with Gasteiger partial charge in [0.1, 0.15) is 0 Å². The lowest BCUT2D eigenvalue weighted by Crippen LogP contribution is -2.14. The molecule has 27 heavy (non-hydrogen) atoms. The van der Waals surface area contributed by atoms with Gasteiger partial charge >= 0.3 is 5.97 Å². The molecule has 0 saturated carbocycles. The maximum atomic E-state index is 11.1. The third-order valence-corrected chi connectivity index (χ3v) is 4.08. The first-order valence-electron chi connectivity index (χ1n) is 9.89. The van der Waals surface area contributed by atoms with Gasteiger partial charge in [-0.2, -0.15) is 0 Å². The molecule has 1 unspecified atom stereocenters. The van der Waals surface area contributed by atoms with Gasteiger partial charge in [-0.25, -0.2) is 0 Å². The number of rotatable bonds is 13. The lowest BCUT2D eigenvalue weighted by atomic mass is 10.1. The van der Waals surface area contributed by atoms with Crippen LogP contribution in [0.15, 0.2) is 30.3 Å². The van der Waals surface area contributed by atoms with E-state index in [1.165, 1.54) is 38.7 Å². The van der Waals surface area contributed by atoms with Gasteiger partial charge in [-0.1, -0.05) is 68.4 Å². The minimum Gasteiger partial charge on any atom is -0.449 e. The molecule has 1 rings (SSSR count). The Hall–Kier alpha value is -2.12. The lowest BCUT2D eigenvalue weighted by Gasteiger charge is -2.10. The number of hydrogen-bond donors (Lipinski definition) is 0. The van der Waals surface area contributed by atoms with E-state index >= 15 is 0 Å². The smallest absolute Gasteiger partial charge is 0.303 e. The number of esters is 1. The molecule has 1 aromatic rings. The van der Waals surface area contributed by atoms with Gasteiger partial charge in [0.15, 0.2) is 6.10 Å². The van der Waals surface area contributed by atoms with E-state index in [0.29, 0.717) is 13.0 Å². The third kappa shape index (κ3) is 13.7. The highest BCUT2D eigenvalue weighted by atomic mass is 16.5. The van der Waals surface area contributed by atoms with Crippen molar-refractivity contribution >= 4 is 11.8 Å². The number of carbonyl (C=O) groups is 2. The van der Waals surface area contributed by atoms with E-state index in [1.54, 1.807) is 0 Å². The van der Waals surface area contributed by atoms with E-state index in [2.05, 4.69) is 24.0 Å². The summed E-state index contributed by atoms with van der Waals surface area (Å²) >= 11 is 0. The van der Waals surface area contributed by atoms with E-state index in [1.807, 2.05) is 18.2 Å². The number of carbonyl (C=O) groups excluding carboxylic acids is 2. The van der Waals surface area contributed by atoms with Crippen molar-refractivity contribution in [2.45, 2.75) is 77.9 Å². The van der Waals surface area contributed by atoms with Gasteiger partial charge in [-0.15, -0.1) is 0 Å². The van der Waals surface area contributed by atoms with Gasteiger partial charge < -0.3 is 9.47 Å². The Morgan fingerprint density at radius 1 is 0.926 bits per heavy atom. The molecular weight excluding hydrogens is 340 g/mol. The fourth-order valence-electron chi connectivity index (χ4n) is 2.73. The van der Waals surface area contributed by atoms with Crippen molar-refractivity contribution in [3.63, 3.8) is 0 Å². The molecule has 0 heterocycles. The summed E-state index contributed by atoms with van der Waals surface area (Å²) < 4.78 is 10.8. The highest BCUT2D eigenvalue weighted by Crippen LogP contribution is 2.11. The Labute approximate surface area is 163 Å². The van der Waals surface area contributed by atoms with Crippen molar-refractivity contribution in [3.05, 3.63) is 35.9 Å². The van der Waals surface area contributed by atoms with Crippen molar-refractivity contribution in [1.29, 1.82) is 0 Å². The lowest BCUT2D eigenvalue weighted by molar-refractivity contribution is -0.144. The molecule has 4 heteroatoms. The minimum atomic E-state index is -0.465. The SMILES string of the molecule is CC(=O)C#CC(CCCCCCCCCOCc1ccccc1)OC(C)=O. The Morgan fingerprint density at radius 3 is 2.19 bits per heavy atom. The largest absolute Gasteiger partial charge is 0.449 e. The highest BCUT2D eigenvalue weighted by molar-refractivity contribution is 5.93. The number of Topliss-reactive ketones (excluding diaryl/α,β-unsaturated/α-hetero) is 1. The topological polar surface area (TPSA) is 52.6 Å². The molecule has 0 amide bonds. The molecule has 4 nitrogen and oxygen atoms in total. The number of unbranched alkanes of at least 4 members (excludes halogenated alkanes) is 6. The molecule has 1 atom stereocenters. The van der Waals surface area contributed by atoms with Crippen LogP contribution in [0.25, 0.3) is 0 Å². The minimum absolute atomic E-state index is 0.208. The van der Waals surface area contributed by atoms with Crippen molar-refractivity contribution in [3.8, 4) is 11.8 Å². The number of benzene rings is 1. The van der Waals surface area contributed by atoms with Gasteiger partial charge in [-0.05, 0) is 30.7 Å². The summed E-state index contributed by atoms with van der Waals surface area (Å²) in [7, 11) is 0. The molecule has 0 aliphatic rings. The average Bonchev–Trinajstić information content (AvgIpc) is 2.64. The molecule has 0 bridgehead atoms. The van der Waals surface area contributed by atoms with Crippen LogP contribution < -0.4 is 0 Å². The van der Waals surface area contributed by atoms with Crippen LogP contribution in [-0.4, -0.2) is 24.5 Å². The Kier molecular flexibility index (Phi) is 12.7. The van der Waals surface area contributed by atoms with Gasteiger partial charge in [0.25, 0.3) is 0 Å². The van der Waals surface area contributed by atoms with Gasteiger partial charge in [0.2, 0.25) is 5.78 Å². The maximum Gasteiger partial charge on any atom is 0.303 e. The summed E-state index contributed by atoms with van der Waals surface area (Å²) in [6.07, 6.45) is 8.13. The van der Waals surface area contributed by atoms with Crippen LogP contribution >= 0.6 is 0 Å². The van der Waals surface area contributed by atoms with E-state index in [4.69, 9.17) is 9.47 Å². The van der Waals surface area contributed by atoms with Gasteiger partial charge in [0.05, 0.1) is 6.61 Å². The molecule has 0 radical (unpaired) electrons. The molecule has 0 spiro atoms. The predicted molar refractivity (Wildman–Crippen MR) is 107 cm³/mol. The van der Waals surface area contributed by atoms with E-state index in [0.717, 1.165) is 32.3 Å². The molecule has 0 saturated heterocycles. The first kappa shape index (κ1) is 22.9. The molecular formula is C23H32O4. The van der Waals surface area contributed by atoms with Crippen LogP contribution in [0.3, 0.4) is 0 Å². The summed E-state index contributed by atoms with van der Waals surface area (Å²) in [5.41, 5.74) is 1.22. The van der Waals surface area contributed by atoms with Crippen molar-refractivity contribution in [2.75, 3.05) is 6.61 Å². The van der Waals surface area contributed by atoms with Crippen molar-refractivity contribution in [1.82, 2.24) is 0 Å². The van der Waals surface area contributed by atoms with Crippen LogP contribution in [-0.2, 0) is 25.7 Å². The Morgan fingerprint density at radius 2 is 1.56 bits per heavy atom. The molecule has 0 aromatic heterocycles. The molecule has 1 aromatic carbocycles. The van der Waals surface area contributed by atoms with Gasteiger partial charge in [0, 0.05) is 20.5 Å². The normalized spacial score (nSPS) is 11.3. The van der Waals surface area contributed by atoms with Crippen LogP contribution in [0.1, 0.15) is 70.8 Å². The van der Waals surface area contributed by atoms with Gasteiger partial charge in [-0.3, -0.25) is 9.59 Å². The highest BCUT2D eigenvalue weighted by Gasteiger charge is 2.08. The molecule has 0 N–H and O–H groups in total. The van der Waals surface area contributed by atoms with E-state index in [-0.39, 0.29) is 11.8 Å². The van der Waals surface area contributed by atoms with E-state index < -0.39 is 6.10 Å². The Bertz CT molecular complexity index is 598. The first-order chi connectivity index (χ1) is 13.1. The molecule has 0 aliphatic heterocycles. The van der Waals surface area contributed by atoms with Crippen LogP contribution in [0.2, 0.25) is 0 Å². The second kappa shape index (κ2) is 15.0. The zero-order chi connectivity index (χ0) is 19.7. The number of ketones is 1. The van der Waals surface area contributed by atoms with Crippen LogP contribution in [0.4, 0.5) is 0 Å². The fraction of sp³-hybridized carbons (Fsp3) is 0.565. The van der Waals surface area contributed by atoms with E-state index in [9.17, 15) is 9.59 Å². The second-order valence-corrected chi connectivity index (χ2v) is 6.73. The predicted octanol–water partition coefficient (Wildman–Crippen LogP) is 4.85. The van der Waals surface area contributed by atoms with Crippen LogP contribution in [0.5, 0.6) is 0 Å². The van der Waals surface area contributed by atoms with Crippen LogP contribution in [0, 0.1) is 11.8 Å². The quantitative estimate of drug-likeness (QED) is 0.215. The number of hydrogen-bond acceptors (Lipinski definition) is 4. The molecule has 148 valence electrons. The third-order valence-electron chi connectivity index (χ3n) is 4.08. The first-order valence-corrected chi connectivity index (χ1v) is 9.89. The summed E-state index contributed by atoms with van der Waals surface area (Å²) in [6, 6.07) is 10.2. The summed E-state index contributed by atoms with van der Waals surface area (Å²) in [6.45, 7) is 4.28. The zero-order valence-electron chi connectivity index (χ0n) is 16.7. The number of ether oxygens (including phenoxy) is 2.